The Kier molecular flexibility index (Phi) is 3.80. The van der Waals surface area contributed by atoms with Crippen molar-refractivity contribution in [1.82, 2.24) is 0 Å². The third kappa shape index (κ3) is 2.76. The van der Waals surface area contributed by atoms with E-state index < -0.39 is 5.92 Å². The van der Waals surface area contributed by atoms with Crippen molar-refractivity contribution in [2.45, 2.75) is 30.9 Å². The predicted molar refractivity (Wildman–Crippen MR) is 70.2 cm³/mol. The highest BCUT2D eigenvalue weighted by atomic mass is 32.1. The zero-order valence-electron chi connectivity index (χ0n) is 10.2. The Morgan fingerprint density at radius 2 is 1.89 bits per heavy atom. The Labute approximate surface area is 110 Å². The van der Waals surface area contributed by atoms with Crippen LogP contribution in [-0.4, -0.2) is 19.0 Å². The summed E-state index contributed by atoms with van der Waals surface area (Å²) in [5.74, 6) is -2.98. The number of para-hydroxylation sites is 1. The summed E-state index contributed by atoms with van der Waals surface area (Å²) in [6, 6.07) is 4.78. The third-order valence-corrected chi connectivity index (χ3v) is 3.56. The van der Waals surface area contributed by atoms with Crippen molar-refractivity contribution in [3.8, 4) is 0 Å². The minimum atomic E-state index is -2.62. The number of rotatable bonds is 2. The molecule has 1 aromatic carbocycles. The Hall–Kier alpha value is -0.840. The molecule has 0 bridgehead atoms. The zero-order chi connectivity index (χ0) is 13.3. The van der Waals surface area contributed by atoms with Gasteiger partial charge in [-0.2, -0.15) is 12.6 Å². The fourth-order valence-electron chi connectivity index (χ4n) is 2.26. The van der Waals surface area contributed by atoms with Gasteiger partial charge in [0.15, 0.2) is 0 Å². The van der Waals surface area contributed by atoms with Crippen LogP contribution in [0.1, 0.15) is 30.6 Å². The molecule has 1 aromatic rings. The molecule has 1 atom stereocenters. The molecule has 1 heterocycles. The fourth-order valence-corrected chi connectivity index (χ4v) is 2.47. The van der Waals surface area contributed by atoms with E-state index in [0.29, 0.717) is 5.69 Å². The maximum absolute atomic E-state index is 13.9. The molecule has 0 amide bonds. The van der Waals surface area contributed by atoms with Crippen LogP contribution in [0.4, 0.5) is 18.9 Å². The molecule has 1 saturated heterocycles. The first-order chi connectivity index (χ1) is 8.41. The highest BCUT2D eigenvalue weighted by molar-refractivity contribution is 7.80. The molecular formula is C13H16F3NS. The van der Waals surface area contributed by atoms with E-state index in [1.165, 1.54) is 6.07 Å². The second kappa shape index (κ2) is 5.03. The number of anilines is 1. The molecule has 100 valence electrons. The van der Waals surface area contributed by atoms with Crippen LogP contribution in [0, 0.1) is 5.82 Å². The number of alkyl halides is 2. The molecule has 0 saturated carbocycles. The number of halogens is 3. The SMILES string of the molecule is CC(S)c1cccc(F)c1N1CCC(F)(F)CC1. The van der Waals surface area contributed by atoms with Gasteiger partial charge in [-0.05, 0) is 18.6 Å². The third-order valence-electron chi connectivity index (χ3n) is 3.28. The maximum Gasteiger partial charge on any atom is 0.251 e. The molecule has 0 spiro atoms. The summed E-state index contributed by atoms with van der Waals surface area (Å²) in [6.07, 6.45) is -0.441. The molecule has 0 aromatic heterocycles. The molecular weight excluding hydrogens is 259 g/mol. The highest BCUT2D eigenvalue weighted by Crippen LogP contribution is 2.36. The molecule has 1 unspecified atom stereocenters. The van der Waals surface area contributed by atoms with Crippen LogP contribution in [0.3, 0.4) is 0 Å². The Morgan fingerprint density at radius 1 is 1.28 bits per heavy atom. The lowest BCUT2D eigenvalue weighted by Crippen LogP contribution is -2.40. The number of hydrogen-bond donors (Lipinski definition) is 1. The second-order valence-corrected chi connectivity index (χ2v) is 5.47. The van der Waals surface area contributed by atoms with Crippen molar-refractivity contribution in [2.75, 3.05) is 18.0 Å². The average Bonchev–Trinajstić information content (AvgIpc) is 2.29. The summed E-state index contributed by atoms with van der Waals surface area (Å²) >= 11 is 4.32. The van der Waals surface area contributed by atoms with Gasteiger partial charge in [-0.3, -0.25) is 0 Å². The number of nitrogens with zero attached hydrogens (tertiary/aromatic N) is 1. The van der Waals surface area contributed by atoms with Crippen molar-refractivity contribution in [1.29, 1.82) is 0 Å². The fraction of sp³-hybridized carbons (Fsp3) is 0.538. The lowest BCUT2D eigenvalue weighted by molar-refractivity contribution is -0.0221. The van der Waals surface area contributed by atoms with Crippen molar-refractivity contribution in [3.05, 3.63) is 29.6 Å². The molecule has 0 radical (unpaired) electrons. The summed E-state index contributed by atoms with van der Waals surface area (Å²) in [4.78, 5) is 1.70. The molecule has 2 rings (SSSR count). The second-order valence-electron chi connectivity index (χ2n) is 4.70. The largest absolute Gasteiger partial charge is 0.368 e. The van der Waals surface area contributed by atoms with Crippen LogP contribution in [0.15, 0.2) is 18.2 Å². The Morgan fingerprint density at radius 3 is 2.44 bits per heavy atom. The van der Waals surface area contributed by atoms with E-state index >= 15 is 0 Å². The predicted octanol–water partition coefficient (Wildman–Crippen LogP) is 4.05. The molecule has 1 aliphatic heterocycles. The average molecular weight is 275 g/mol. The molecule has 0 aliphatic carbocycles. The van der Waals surface area contributed by atoms with E-state index in [-0.39, 0.29) is 37.0 Å². The van der Waals surface area contributed by atoms with Crippen molar-refractivity contribution >= 4 is 18.3 Å². The summed E-state index contributed by atoms with van der Waals surface area (Å²) < 4.78 is 40.2. The Bertz CT molecular complexity index is 424. The topological polar surface area (TPSA) is 3.24 Å². The van der Waals surface area contributed by atoms with Gasteiger partial charge in [0, 0.05) is 31.2 Å². The number of hydrogen-bond acceptors (Lipinski definition) is 2. The highest BCUT2D eigenvalue weighted by Gasteiger charge is 2.35. The number of piperidine rings is 1. The van der Waals surface area contributed by atoms with Gasteiger partial charge >= 0.3 is 0 Å². The minimum absolute atomic E-state index is 0.127. The number of thiol groups is 1. The molecule has 0 N–H and O–H groups in total. The maximum atomic E-state index is 13.9. The molecule has 5 heteroatoms. The van der Waals surface area contributed by atoms with Gasteiger partial charge in [-0.25, -0.2) is 13.2 Å². The van der Waals surface area contributed by atoms with E-state index in [4.69, 9.17) is 0 Å². The first kappa shape index (κ1) is 13.6. The first-order valence-electron chi connectivity index (χ1n) is 6.00. The van der Waals surface area contributed by atoms with Gasteiger partial charge in [0.2, 0.25) is 0 Å². The van der Waals surface area contributed by atoms with E-state index in [0.717, 1.165) is 5.56 Å². The zero-order valence-corrected chi connectivity index (χ0v) is 11.1. The van der Waals surface area contributed by atoms with Gasteiger partial charge in [0.1, 0.15) is 5.82 Å². The van der Waals surface area contributed by atoms with Gasteiger partial charge < -0.3 is 4.90 Å². The summed E-state index contributed by atoms with van der Waals surface area (Å²) in [5, 5.41) is -0.127. The van der Waals surface area contributed by atoms with Crippen LogP contribution in [0.25, 0.3) is 0 Å². The smallest absolute Gasteiger partial charge is 0.251 e. The van der Waals surface area contributed by atoms with Crippen molar-refractivity contribution in [3.63, 3.8) is 0 Å². The Balaban J connectivity index is 2.28. The lowest BCUT2D eigenvalue weighted by atomic mass is 10.0. The van der Waals surface area contributed by atoms with Crippen LogP contribution in [0.2, 0.25) is 0 Å². The van der Waals surface area contributed by atoms with Crippen LogP contribution in [0.5, 0.6) is 0 Å². The molecule has 18 heavy (non-hydrogen) atoms. The van der Waals surface area contributed by atoms with E-state index in [2.05, 4.69) is 12.6 Å². The van der Waals surface area contributed by atoms with Gasteiger partial charge in [0.25, 0.3) is 5.92 Å². The lowest BCUT2D eigenvalue weighted by Gasteiger charge is -2.35. The monoisotopic (exact) mass is 275 g/mol. The summed E-state index contributed by atoms with van der Waals surface area (Å²) in [7, 11) is 0. The summed E-state index contributed by atoms with van der Waals surface area (Å²) in [6.45, 7) is 2.21. The van der Waals surface area contributed by atoms with Crippen LogP contribution in [-0.2, 0) is 0 Å². The normalized spacial score (nSPS) is 20.8. The molecule has 1 aliphatic rings. The van der Waals surface area contributed by atoms with Gasteiger partial charge in [0.05, 0.1) is 5.69 Å². The first-order valence-corrected chi connectivity index (χ1v) is 6.51. The van der Waals surface area contributed by atoms with E-state index in [1.54, 1.807) is 17.0 Å². The van der Waals surface area contributed by atoms with Crippen molar-refractivity contribution < 1.29 is 13.2 Å². The van der Waals surface area contributed by atoms with Crippen LogP contribution >= 0.6 is 12.6 Å². The van der Waals surface area contributed by atoms with E-state index in [1.807, 2.05) is 6.92 Å². The van der Waals surface area contributed by atoms with Gasteiger partial charge in [-0.15, -0.1) is 0 Å². The number of benzene rings is 1. The summed E-state index contributed by atoms with van der Waals surface area (Å²) in [5.41, 5.74) is 1.18. The molecule has 1 fully saturated rings. The minimum Gasteiger partial charge on any atom is -0.368 e. The van der Waals surface area contributed by atoms with Gasteiger partial charge in [-0.1, -0.05) is 12.1 Å². The van der Waals surface area contributed by atoms with Crippen LogP contribution < -0.4 is 4.90 Å². The van der Waals surface area contributed by atoms with Crippen molar-refractivity contribution in [2.24, 2.45) is 0 Å². The standard InChI is InChI=1S/C13H16F3NS/c1-9(18)10-3-2-4-11(14)12(10)17-7-5-13(15,16)6-8-17/h2-4,9,18H,5-8H2,1H3. The van der Waals surface area contributed by atoms with E-state index in [9.17, 15) is 13.2 Å². The molecule has 1 nitrogen and oxygen atoms in total. The quantitative estimate of drug-likeness (QED) is 0.797.